The first-order valence-electron chi connectivity index (χ1n) is 17.3. The molecule has 2 N–H and O–H groups in total. The Morgan fingerprint density at radius 1 is 0.463 bits per heavy atom. The number of carbonyl (C=O) groups is 2. The molecule has 0 aromatic rings. The standard InChI is InChI=1S/C34H66O7/c1-3-5-7-9-11-13-15-17-19-21-23-25-33(37)39-29-31(27-35)41-32(28-36)30-40-34(38)26-24-22-20-18-16-14-12-10-8-6-4-2/h31-32,35-36H,3-30H2,1-2H3. The molecule has 0 aromatic carbocycles. The van der Waals surface area contributed by atoms with Gasteiger partial charge in [-0.15, -0.1) is 0 Å². The maximum atomic E-state index is 12.1. The molecule has 0 aromatic heterocycles. The third-order valence-electron chi connectivity index (χ3n) is 7.62. The van der Waals surface area contributed by atoms with Crippen molar-refractivity contribution in [2.24, 2.45) is 0 Å². The fraction of sp³-hybridized carbons (Fsp3) is 0.941. The number of aliphatic hydroxyl groups is 2. The smallest absolute Gasteiger partial charge is 0.305 e. The van der Waals surface area contributed by atoms with Gasteiger partial charge in [-0.25, -0.2) is 0 Å². The molecule has 0 saturated carbocycles. The van der Waals surface area contributed by atoms with Gasteiger partial charge in [-0.1, -0.05) is 142 Å². The van der Waals surface area contributed by atoms with Crippen LogP contribution in [0, 0.1) is 0 Å². The number of hydrogen-bond acceptors (Lipinski definition) is 7. The van der Waals surface area contributed by atoms with Gasteiger partial charge in [0.05, 0.1) is 13.2 Å². The Morgan fingerprint density at radius 3 is 1.00 bits per heavy atom. The molecular weight excluding hydrogens is 520 g/mol. The third-order valence-corrected chi connectivity index (χ3v) is 7.62. The maximum absolute atomic E-state index is 12.1. The average Bonchev–Trinajstić information content (AvgIpc) is 2.98. The molecule has 2 unspecified atom stereocenters. The minimum absolute atomic E-state index is 0.0868. The molecule has 7 heteroatoms. The number of esters is 2. The summed E-state index contributed by atoms with van der Waals surface area (Å²) in [7, 11) is 0. The topological polar surface area (TPSA) is 102 Å². The molecule has 0 saturated heterocycles. The van der Waals surface area contributed by atoms with Gasteiger partial charge < -0.3 is 24.4 Å². The Balaban J connectivity index is 3.78. The Labute approximate surface area is 252 Å². The summed E-state index contributed by atoms with van der Waals surface area (Å²) in [6.07, 6.45) is 26.0. The van der Waals surface area contributed by atoms with Crippen molar-refractivity contribution >= 4 is 11.9 Å². The summed E-state index contributed by atoms with van der Waals surface area (Å²) in [5.41, 5.74) is 0. The van der Waals surface area contributed by atoms with Crippen LogP contribution in [-0.4, -0.2) is 60.8 Å². The summed E-state index contributed by atoms with van der Waals surface area (Å²) in [5, 5.41) is 19.2. The van der Waals surface area contributed by atoms with Crippen molar-refractivity contribution in [2.75, 3.05) is 26.4 Å². The van der Waals surface area contributed by atoms with E-state index in [-0.39, 0.29) is 38.4 Å². The fourth-order valence-electron chi connectivity index (χ4n) is 4.93. The summed E-state index contributed by atoms with van der Waals surface area (Å²) < 4.78 is 16.2. The van der Waals surface area contributed by atoms with Crippen LogP contribution in [0.2, 0.25) is 0 Å². The summed E-state index contributed by atoms with van der Waals surface area (Å²) >= 11 is 0. The highest BCUT2D eigenvalue weighted by Gasteiger charge is 2.19. The first kappa shape index (κ1) is 39.8. The highest BCUT2D eigenvalue weighted by atomic mass is 16.6. The van der Waals surface area contributed by atoms with Crippen molar-refractivity contribution in [3.63, 3.8) is 0 Å². The second-order valence-corrected chi connectivity index (χ2v) is 11.7. The Bertz CT molecular complexity index is 521. The van der Waals surface area contributed by atoms with Gasteiger partial charge in [-0.2, -0.15) is 0 Å². The van der Waals surface area contributed by atoms with Crippen LogP contribution >= 0.6 is 0 Å². The quantitative estimate of drug-likeness (QED) is 0.0605. The van der Waals surface area contributed by atoms with Crippen molar-refractivity contribution in [3.8, 4) is 0 Å². The SMILES string of the molecule is CCCCCCCCCCCCCC(=O)OCC(CO)OC(CO)COC(=O)CCCCCCCCCCCCC. The van der Waals surface area contributed by atoms with E-state index in [1.807, 2.05) is 0 Å². The monoisotopic (exact) mass is 586 g/mol. The van der Waals surface area contributed by atoms with Crippen LogP contribution in [0.4, 0.5) is 0 Å². The lowest BCUT2D eigenvalue weighted by molar-refractivity contribution is -0.160. The highest BCUT2D eigenvalue weighted by molar-refractivity contribution is 5.69. The third kappa shape index (κ3) is 28.7. The minimum atomic E-state index is -0.765. The van der Waals surface area contributed by atoms with E-state index in [1.165, 1.54) is 103 Å². The summed E-state index contributed by atoms with van der Waals surface area (Å²) in [5.74, 6) is -0.608. The van der Waals surface area contributed by atoms with E-state index in [0.717, 1.165) is 38.5 Å². The predicted molar refractivity (Wildman–Crippen MR) is 167 cm³/mol. The number of rotatable bonds is 32. The number of aliphatic hydroxyl groups excluding tert-OH is 2. The lowest BCUT2D eigenvalue weighted by Gasteiger charge is -2.22. The maximum Gasteiger partial charge on any atom is 0.305 e. The van der Waals surface area contributed by atoms with E-state index in [0.29, 0.717) is 12.8 Å². The molecule has 0 rings (SSSR count). The van der Waals surface area contributed by atoms with Gasteiger partial charge in [0.1, 0.15) is 25.4 Å². The van der Waals surface area contributed by atoms with Crippen molar-refractivity contribution in [1.82, 2.24) is 0 Å². The number of carbonyl (C=O) groups excluding carboxylic acids is 2. The lowest BCUT2D eigenvalue weighted by Crippen LogP contribution is -2.35. The molecule has 0 fully saturated rings. The van der Waals surface area contributed by atoms with Gasteiger partial charge in [-0.05, 0) is 12.8 Å². The summed E-state index contributed by atoms with van der Waals surface area (Å²) in [4.78, 5) is 24.1. The molecule has 244 valence electrons. The van der Waals surface area contributed by atoms with Gasteiger partial charge in [0.15, 0.2) is 0 Å². The van der Waals surface area contributed by atoms with Gasteiger partial charge in [0.2, 0.25) is 0 Å². The first-order chi connectivity index (χ1) is 20.1. The zero-order chi connectivity index (χ0) is 30.2. The second-order valence-electron chi connectivity index (χ2n) is 11.7. The van der Waals surface area contributed by atoms with Crippen LogP contribution in [-0.2, 0) is 23.8 Å². The molecule has 41 heavy (non-hydrogen) atoms. The largest absolute Gasteiger partial charge is 0.463 e. The highest BCUT2D eigenvalue weighted by Crippen LogP contribution is 2.14. The number of hydrogen-bond donors (Lipinski definition) is 2. The zero-order valence-electron chi connectivity index (χ0n) is 26.9. The van der Waals surface area contributed by atoms with Crippen LogP contribution in [0.3, 0.4) is 0 Å². The number of ether oxygens (including phenoxy) is 3. The lowest BCUT2D eigenvalue weighted by atomic mass is 10.1. The van der Waals surface area contributed by atoms with E-state index in [1.54, 1.807) is 0 Å². The van der Waals surface area contributed by atoms with Crippen LogP contribution < -0.4 is 0 Å². The fourth-order valence-corrected chi connectivity index (χ4v) is 4.93. The molecule has 0 radical (unpaired) electrons. The van der Waals surface area contributed by atoms with E-state index >= 15 is 0 Å². The second kappa shape index (κ2) is 31.7. The molecule has 0 aliphatic carbocycles. The summed E-state index contributed by atoms with van der Waals surface area (Å²) in [6.45, 7) is 3.60. The van der Waals surface area contributed by atoms with Crippen molar-refractivity contribution in [2.45, 2.75) is 180 Å². The van der Waals surface area contributed by atoms with Gasteiger partial charge in [0.25, 0.3) is 0 Å². The van der Waals surface area contributed by atoms with Crippen molar-refractivity contribution < 1.29 is 34.0 Å². The van der Waals surface area contributed by atoms with Crippen LogP contribution in [0.15, 0.2) is 0 Å². The van der Waals surface area contributed by atoms with E-state index in [2.05, 4.69) is 13.8 Å². The zero-order valence-corrected chi connectivity index (χ0v) is 26.9. The van der Waals surface area contributed by atoms with E-state index < -0.39 is 12.2 Å². The normalized spacial score (nSPS) is 12.8. The van der Waals surface area contributed by atoms with Gasteiger partial charge >= 0.3 is 11.9 Å². The van der Waals surface area contributed by atoms with Crippen LogP contribution in [0.25, 0.3) is 0 Å². The molecular formula is C34H66O7. The van der Waals surface area contributed by atoms with E-state index in [4.69, 9.17) is 14.2 Å². The molecule has 0 aliphatic heterocycles. The molecule has 7 nitrogen and oxygen atoms in total. The summed E-state index contributed by atoms with van der Waals surface area (Å²) in [6, 6.07) is 0. The van der Waals surface area contributed by atoms with Crippen LogP contribution in [0.1, 0.15) is 168 Å². The Kier molecular flexibility index (Phi) is 30.8. The molecule has 0 aliphatic rings. The Hall–Kier alpha value is -1.18. The molecule has 0 spiro atoms. The van der Waals surface area contributed by atoms with Gasteiger partial charge in [0, 0.05) is 12.8 Å². The predicted octanol–water partition coefficient (Wildman–Crippen LogP) is 8.21. The minimum Gasteiger partial charge on any atom is -0.463 e. The van der Waals surface area contributed by atoms with Gasteiger partial charge in [-0.3, -0.25) is 9.59 Å². The van der Waals surface area contributed by atoms with Crippen molar-refractivity contribution in [1.29, 1.82) is 0 Å². The van der Waals surface area contributed by atoms with E-state index in [9.17, 15) is 19.8 Å². The first-order valence-corrected chi connectivity index (χ1v) is 17.3. The van der Waals surface area contributed by atoms with Crippen molar-refractivity contribution in [3.05, 3.63) is 0 Å². The number of unbranched alkanes of at least 4 members (excludes halogenated alkanes) is 20. The Morgan fingerprint density at radius 2 is 0.732 bits per heavy atom. The van der Waals surface area contributed by atoms with Crippen LogP contribution in [0.5, 0.6) is 0 Å². The molecule has 0 bridgehead atoms. The molecule has 0 amide bonds. The molecule has 0 heterocycles. The average molecular weight is 587 g/mol. The molecule has 2 atom stereocenters.